The normalized spacial score (nSPS) is 18.5. The van der Waals surface area contributed by atoms with Crippen LogP contribution >= 0.6 is 0 Å². The number of amides is 3. The van der Waals surface area contributed by atoms with Crippen molar-refractivity contribution in [2.75, 3.05) is 24.5 Å². The molecule has 2 aliphatic heterocycles. The number of carbonyl (C=O) groups excluding carboxylic acids is 2. The van der Waals surface area contributed by atoms with Gasteiger partial charge < -0.3 is 15.1 Å². The number of hydrogen-bond donors (Lipinski definition) is 1. The topological polar surface area (TPSA) is 52.7 Å². The molecular weight excluding hydrogens is 266 g/mol. The van der Waals surface area contributed by atoms with Gasteiger partial charge in [-0.15, -0.1) is 0 Å². The molecule has 1 aromatic rings. The molecule has 0 aromatic heterocycles. The second-order valence-corrected chi connectivity index (χ2v) is 5.73. The molecule has 0 spiro atoms. The van der Waals surface area contributed by atoms with E-state index in [9.17, 15) is 9.59 Å². The highest BCUT2D eigenvalue weighted by molar-refractivity contribution is 6.00. The van der Waals surface area contributed by atoms with Crippen molar-refractivity contribution in [2.24, 2.45) is 0 Å². The largest absolute Gasteiger partial charge is 0.326 e. The Bertz CT molecular complexity index is 552. The van der Waals surface area contributed by atoms with Crippen molar-refractivity contribution in [1.29, 1.82) is 0 Å². The molecule has 0 aliphatic carbocycles. The fourth-order valence-corrected chi connectivity index (χ4v) is 3.06. The van der Waals surface area contributed by atoms with Gasteiger partial charge in [0.1, 0.15) is 6.04 Å². The summed E-state index contributed by atoms with van der Waals surface area (Å²) in [5.41, 5.74) is 2.17. The maximum Gasteiger partial charge on any atom is 0.318 e. The molecule has 1 fully saturated rings. The Kier molecular flexibility index (Phi) is 3.82. The quantitative estimate of drug-likeness (QED) is 0.901. The first-order chi connectivity index (χ1) is 10.2. The molecule has 112 valence electrons. The Balaban J connectivity index is 1.64. The number of para-hydroxylation sites is 1. The van der Waals surface area contributed by atoms with E-state index in [1.165, 1.54) is 5.56 Å². The molecule has 21 heavy (non-hydrogen) atoms. The molecule has 0 radical (unpaired) electrons. The highest BCUT2D eigenvalue weighted by Gasteiger charge is 2.29. The Morgan fingerprint density at radius 2 is 1.86 bits per heavy atom. The predicted molar refractivity (Wildman–Crippen MR) is 81.3 cm³/mol. The van der Waals surface area contributed by atoms with Crippen molar-refractivity contribution in [2.45, 2.75) is 32.2 Å². The summed E-state index contributed by atoms with van der Waals surface area (Å²) < 4.78 is 0. The molecule has 0 bridgehead atoms. The van der Waals surface area contributed by atoms with Crippen LogP contribution in [0, 0.1) is 0 Å². The van der Waals surface area contributed by atoms with Crippen LogP contribution in [0.5, 0.6) is 0 Å². The number of benzene rings is 1. The van der Waals surface area contributed by atoms with Gasteiger partial charge in [-0.25, -0.2) is 4.79 Å². The van der Waals surface area contributed by atoms with Gasteiger partial charge in [0.2, 0.25) is 5.91 Å². The van der Waals surface area contributed by atoms with Crippen molar-refractivity contribution >= 4 is 17.6 Å². The lowest BCUT2D eigenvalue weighted by molar-refractivity contribution is -0.119. The van der Waals surface area contributed by atoms with Crippen molar-refractivity contribution in [3.05, 3.63) is 29.8 Å². The number of carbonyl (C=O) groups is 2. The smallest absolute Gasteiger partial charge is 0.318 e. The van der Waals surface area contributed by atoms with Gasteiger partial charge in [0.15, 0.2) is 0 Å². The zero-order valence-corrected chi connectivity index (χ0v) is 12.3. The van der Waals surface area contributed by atoms with Crippen LogP contribution in [0.4, 0.5) is 10.5 Å². The van der Waals surface area contributed by atoms with E-state index in [4.69, 9.17) is 0 Å². The van der Waals surface area contributed by atoms with E-state index in [1.807, 2.05) is 18.2 Å². The summed E-state index contributed by atoms with van der Waals surface area (Å²) >= 11 is 0. The molecule has 3 amide bonds. The molecular formula is C16H21N3O2. The van der Waals surface area contributed by atoms with Gasteiger partial charge >= 0.3 is 6.03 Å². The van der Waals surface area contributed by atoms with Gasteiger partial charge in [-0.1, -0.05) is 18.2 Å². The first kappa shape index (κ1) is 13.9. The minimum absolute atomic E-state index is 0.0347. The van der Waals surface area contributed by atoms with Crippen LogP contribution < -0.4 is 10.2 Å². The Morgan fingerprint density at radius 1 is 1.14 bits per heavy atom. The third kappa shape index (κ3) is 2.73. The van der Waals surface area contributed by atoms with Crippen LogP contribution in [0.2, 0.25) is 0 Å². The fraction of sp³-hybridized carbons (Fsp3) is 0.500. The third-order valence-electron chi connectivity index (χ3n) is 4.26. The van der Waals surface area contributed by atoms with E-state index in [1.54, 1.807) is 16.7 Å². The van der Waals surface area contributed by atoms with Gasteiger partial charge in [0.25, 0.3) is 0 Å². The van der Waals surface area contributed by atoms with Crippen LogP contribution in [0.1, 0.15) is 25.3 Å². The molecule has 2 heterocycles. The lowest BCUT2D eigenvalue weighted by Gasteiger charge is -2.24. The SMILES string of the molecule is CC(NC(=O)N1CCCC1)C(=O)N1CCc2ccccc21. The molecule has 3 rings (SSSR count). The molecule has 1 unspecified atom stereocenters. The zero-order chi connectivity index (χ0) is 14.8. The van der Waals surface area contributed by atoms with Gasteiger partial charge in [0, 0.05) is 25.3 Å². The molecule has 5 nitrogen and oxygen atoms in total. The number of hydrogen-bond acceptors (Lipinski definition) is 2. The van der Waals surface area contributed by atoms with Crippen molar-refractivity contribution in [1.82, 2.24) is 10.2 Å². The van der Waals surface area contributed by atoms with Crippen molar-refractivity contribution in [3.8, 4) is 0 Å². The summed E-state index contributed by atoms with van der Waals surface area (Å²) in [5.74, 6) is -0.0347. The standard InChI is InChI=1S/C16H21N3O2/c1-12(17-16(21)18-9-4-5-10-18)15(20)19-11-8-13-6-2-3-7-14(13)19/h2-3,6-7,12H,4-5,8-11H2,1H3,(H,17,21). The van der Waals surface area contributed by atoms with E-state index in [2.05, 4.69) is 11.4 Å². The highest BCUT2D eigenvalue weighted by Crippen LogP contribution is 2.27. The van der Waals surface area contributed by atoms with E-state index in [-0.39, 0.29) is 11.9 Å². The lowest BCUT2D eigenvalue weighted by Crippen LogP contribution is -2.50. The maximum atomic E-state index is 12.6. The number of nitrogens with one attached hydrogen (secondary N) is 1. The molecule has 1 aromatic carbocycles. The van der Waals surface area contributed by atoms with E-state index in [0.29, 0.717) is 6.54 Å². The highest BCUT2D eigenvalue weighted by atomic mass is 16.2. The third-order valence-corrected chi connectivity index (χ3v) is 4.26. The number of anilines is 1. The van der Waals surface area contributed by atoms with Gasteiger partial charge in [-0.3, -0.25) is 4.79 Å². The molecule has 1 saturated heterocycles. The van der Waals surface area contributed by atoms with Crippen LogP contribution in [-0.2, 0) is 11.2 Å². The van der Waals surface area contributed by atoms with Crippen LogP contribution in [0.15, 0.2) is 24.3 Å². The summed E-state index contributed by atoms with van der Waals surface area (Å²) in [5, 5.41) is 2.83. The van der Waals surface area contributed by atoms with E-state index in [0.717, 1.165) is 38.0 Å². The van der Waals surface area contributed by atoms with Crippen LogP contribution in [0.3, 0.4) is 0 Å². The van der Waals surface area contributed by atoms with Crippen LogP contribution in [-0.4, -0.2) is 42.5 Å². The lowest BCUT2D eigenvalue weighted by atomic mass is 10.2. The molecule has 2 aliphatic rings. The van der Waals surface area contributed by atoms with Gasteiger partial charge in [0.05, 0.1) is 0 Å². The second kappa shape index (κ2) is 5.76. The number of rotatable bonds is 2. The average Bonchev–Trinajstić information content (AvgIpc) is 3.15. The summed E-state index contributed by atoms with van der Waals surface area (Å²) in [6.45, 7) is 4.04. The fourth-order valence-electron chi connectivity index (χ4n) is 3.06. The minimum Gasteiger partial charge on any atom is -0.326 e. The number of urea groups is 1. The Hall–Kier alpha value is -2.04. The average molecular weight is 287 g/mol. The van der Waals surface area contributed by atoms with E-state index >= 15 is 0 Å². The number of fused-ring (bicyclic) bond motifs is 1. The minimum atomic E-state index is -0.496. The first-order valence-corrected chi connectivity index (χ1v) is 7.61. The summed E-state index contributed by atoms with van der Waals surface area (Å²) in [6.07, 6.45) is 2.99. The summed E-state index contributed by atoms with van der Waals surface area (Å²) in [7, 11) is 0. The van der Waals surface area contributed by atoms with Crippen molar-refractivity contribution in [3.63, 3.8) is 0 Å². The Labute approximate surface area is 124 Å². The summed E-state index contributed by atoms with van der Waals surface area (Å²) in [6, 6.07) is 7.33. The first-order valence-electron chi connectivity index (χ1n) is 7.61. The molecule has 0 saturated carbocycles. The second-order valence-electron chi connectivity index (χ2n) is 5.73. The summed E-state index contributed by atoms with van der Waals surface area (Å²) in [4.78, 5) is 28.2. The predicted octanol–water partition coefficient (Wildman–Crippen LogP) is 1.77. The number of nitrogens with zero attached hydrogens (tertiary/aromatic N) is 2. The zero-order valence-electron chi connectivity index (χ0n) is 12.3. The van der Waals surface area contributed by atoms with Crippen molar-refractivity contribution < 1.29 is 9.59 Å². The maximum absolute atomic E-state index is 12.6. The Morgan fingerprint density at radius 3 is 2.62 bits per heavy atom. The van der Waals surface area contributed by atoms with Gasteiger partial charge in [-0.2, -0.15) is 0 Å². The number of likely N-dealkylation sites (tertiary alicyclic amines) is 1. The molecule has 1 N–H and O–H groups in total. The van der Waals surface area contributed by atoms with Gasteiger partial charge in [-0.05, 0) is 37.8 Å². The molecule has 1 atom stereocenters. The monoisotopic (exact) mass is 287 g/mol. The van der Waals surface area contributed by atoms with Crippen LogP contribution in [0.25, 0.3) is 0 Å². The van der Waals surface area contributed by atoms with E-state index < -0.39 is 6.04 Å². The molecule has 5 heteroatoms.